The lowest BCUT2D eigenvalue weighted by atomic mass is 10.1. The van der Waals surface area contributed by atoms with Crippen LogP contribution in [0.5, 0.6) is 0 Å². The topological polar surface area (TPSA) is 46.9 Å². The minimum Gasteiger partial charge on any atom is -0.365 e. The van der Waals surface area contributed by atoms with Gasteiger partial charge in [0.05, 0.1) is 5.69 Å². The third-order valence-electron chi connectivity index (χ3n) is 3.29. The predicted molar refractivity (Wildman–Crippen MR) is 82.5 cm³/mol. The first-order chi connectivity index (χ1) is 9.99. The van der Waals surface area contributed by atoms with Crippen molar-refractivity contribution in [2.45, 2.75) is 27.2 Å². The van der Waals surface area contributed by atoms with E-state index in [1.807, 2.05) is 0 Å². The van der Waals surface area contributed by atoms with Crippen LogP contribution in [0.3, 0.4) is 0 Å². The third-order valence-corrected chi connectivity index (χ3v) is 3.29. The summed E-state index contributed by atoms with van der Waals surface area (Å²) in [5.41, 5.74) is 0.776. The van der Waals surface area contributed by atoms with E-state index in [-0.39, 0.29) is 11.4 Å². The molecule has 0 saturated heterocycles. The minimum absolute atomic E-state index is 0.274. The van der Waals surface area contributed by atoms with E-state index in [0.717, 1.165) is 6.42 Å². The third kappa shape index (κ3) is 3.68. The van der Waals surface area contributed by atoms with Crippen LogP contribution in [0.4, 0.5) is 10.2 Å². The molecule has 112 valence electrons. The molecule has 0 amide bonds. The van der Waals surface area contributed by atoms with Crippen molar-refractivity contribution in [1.29, 1.82) is 0 Å². The van der Waals surface area contributed by atoms with Crippen LogP contribution >= 0.6 is 0 Å². The first kappa shape index (κ1) is 15.2. The number of rotatable bonds is 5. The summed E-state index contributed by atoms with van der Waals surface area (Å²) < 4.78 is 15.0. The summed E-state index contributed by atoms with van der Waals surface area (Å²) in [4.78, 5) is 16.4. The Morgan fingerprint density at radius 3 is 2.81 bits per heavy atom. The summed E-state index contributed by atoms with van der Waals surface area (Å²) in [5.74, 6) is 0.513. The molecule has 0 aliphatic rings. The number of anilines is 1. The van der Waals surface area contributed by atoms with Crippen molar-refractivity contribution in [3.63, 3.8) is 0 Å². The Hall–Kier alpha value is -2.17. The van der Waals surface area contributed by atoms with Gasteiger partial charge in [-0.25, -0.2) is 9.37 Å². The van der Waals surface area contributed by atoms with Crippen LogP contribution in [0.2, 0.25) is 0 Å². The molecular formula is C16H20FN3O. The smallest absolute Gasteiger partial charge is 0.297 e. The fraction of sp³-hybridized carbons (Fsp3) is 0.375. The number of nitrogens with zero attached hydrogens (tertiary/aromatic N) is 2. The van der Waals surface area contributed by atoms with E-state index in [4.69, 9.17) is 0 Å². The molecule has 21 heavy (non-hydrogen) atoms. The molecule has 0 radical (unpaired) electrons. The van der Waals surface area contributed by atoms with Crippen molar-refractivity contribution in [2.24, 2.45) is 5.92 Å². The molecule has 2 rings (SSSR count). The molecule has 1 heterocycles. The second kappa shape index (κ2) is 6.52. The number of aromatic nitrogens is 2. The first-order valence-electron chi connectivity index (χ1n) is 7.07. The number of nitrogens with one attached hydrogen (secondary N) is 1. The van der Waals surface area contributed by atoms with E-state index < -0.39 is 0 Å². The van der Waals surface area contributed by atoms with E-state index >= 15 is 0 Å². The second-order valence-electron chi connectivity index (χ2n) is 5.49. The van der Waals surface area contributed by atoms with Gasteiger partial charge in [-0.3, -0.25) is 9.36 Å². The summed E-state index contributed by atoms with van der Waals surface area (Å²) in [6, 6.07) is 4.73. The van der Waals surface area contributed by atoms with Gasteiger partial charge in [0.2, 0.25) is 0 Å². The standard InChI is InChI=1S/C16H20FN3O/c1-11(2)6-7-18-15-16(21)20(9-8-19-15)13-5-4-12(3)14(17)10-13/h4-5,8-11H,6-7H2,1-3H3,(H,18,19). The number of hydrogen-bond donors (Lipinski definition) is 1. The number of benzene rings is 1. The molecule has 4 nitrogen and oxygen atoms in total. The molecule has 1 N–H and O–H groups in total. The van der Waals surface area contributed by atoms with Crippen molar-refractivity contribution < 1.29 is 4.39 Å². The van der Waals surface area contributed by atoms with Crippen molar-refractivity contribution >= 4 is 5.82 Å². The first-order valence-corrected chi connectivity index (χ1v) is 7.07. The molecule has 0 saturated carbocycles. The predicted octanol–water partition coefficient (Wildman–Crippen LogP) is 3.14. The zero-order chi connectivity index (χ0) is 15.4. The van der Waals surface area contributed by atoms with E-state index in [2.05, 4.69) is 24.1 Å². The molecule has 0 fully saturated rings. The Labute approximate surface area is 123 Å². The zero-order valence-corrected chi connectivity index (χ0v) is 12.6. The second-order valence-corrected chi connectivity index (χ2v) is 5.49. The molecule has 0 unspecified atom stereocenters. The van der Waals surface area contributed by atoms with Crippen molar-refractivity contribution in [3.05, 3.63) is 52.3 Å². The highest BCUT2D eigenvalue weighted by Gasteiger charge is 2.08. The van der Waals surface area contributed by atoms with Gasteiger partial charge >= 0.3 is 0 Å². The lowest BCUT2D eigenvalue weighted by molar-refractivity contribution is 0.606. The highest BCUT2D eigenvalue weighted by Crippen LogP contribution is 2.12. The summed E-state index contributed by atoms with van der Waals surface area (Å²) in [6.45, 7) is 6.61. The van der Waals surface area contributed by atoms with Crippen molar-refractivity contribution in [1.82, 2.24) is 9.55 Å². The van der Waals surface area contributed by atoms with Crippen LogP contribution in [-0.4, -0.2) is 16.1 Å². The van der Waals surface area contributed by atoms with E-state index in [0.29, 0.717) is 29.5 Å². The Morgan fingerprint density at radius 1 is 1.38 bits per heavy atom. The van der Waals surface area contributed by atoms with Crippen LogP contribution in [0, 0.1) is 18.7 Å². The van der Waals surface area contributed by atoms with Crippen LogP contribution in [0.15, 0.2) is 35.4 Å². The van der Waals surface area contributed by atoms with Gasteiger partial charge in [0.15, 0.2) is 5.82 Å². The lowest BCUT2D eigenvalue weighted by Gasteiger charge is -2.10. The molecule has 0 bridgehead atoms. The molecule has 2 aromatic rings. The summed E-state index contributed by atoms with van der Waals surface area (Å²) >= 11 is 0. The van der Waals surface area contributed by atoms with Gasteiger partial charge in [-0.05, 0) is 37.0 Å². The van der Waals surface area contributed by atoms with Gasteiger partial charge < -0.3 is 5.32 Å². The number of hydrogen-bond acceptors (Lipinski definition) is 3. The quantitative estimate of drug-likeness (QED) is 0.920. The average Bonchev–Trinajstić information content (AvgIpc) is 2.43. The molecule has 0 aliphatic heterocycles. The fourth-order valence-electron chi connectivity index (χ4n) is 1.95. The van der Waals surface area contributed by atoms with Gasteiger partial charge in [0.1, 0.15) is 5.82 Å². The molecule has 0 atom stereocenters. The molecule has 1 aromatic carbocycles. The Bertz CT molecular complexity index is 679. The Balaban J connectivity index is 2.29. The monoisotopic (exact) mass is 289 g/mol. The maximum Gasteiger partial charge on any atom is 0.297 e. The minimum atomic E-state index is -0.328. The zero-order valence-electron chi connectivity index (χ0n) is 12.6. The van der Waals surface area contributed by atoms with Gasteiger partial charge in [-0.15, -0.1) is 0 Å². The highest BCUT2D eigenvalue weighted by molar-refractivity contribution is 5.39. The Kier molecular flexibility index (Phi) is 4.73. The van der Waals surface area contributed by atoms with Crippen LogP contribution in [-0.2, 0) is 0 Å². The van der Waals surface area contributed by atoms with Crippen molar-refractivity contribution in [3.8, 4) is 5.69 Å². The van der Waals surface area contributed by atoms with Crippen LogP contribution in [0.25, 0.3) is 5.69 Å². The van der Waals surface area contributed by atoms with Gasteiger partial charge in [-0.1, -0.05) is 19.9 Å². The van der Waals surface area contributed by atoms with Crippen LogP contribution < -0.4 is 10.9 Å². The average molecular weight is 289 g/mol. The maximum absolute atomic E-state index is 13.6. The molecule has 1 aromatic heterocycles. The number of halogens is 1. The van der Waals surface area contributed by atoms with Gasteiger partial charge in [0.25, 0.3) is 5.56 Å². The SMILES string of the molecule is Cc1ccc(-n2ccnc(NCCC(C)C)c2=O)cc1F. The fourth-order valence-corrected chi connectivity index (χ4v) is 1.95. The van der Waals surface area contributed by atoms with Crippen LogP contribution in [0.1, 0.15) is 25.8 Å². The largest absolute Gasteiger partial charge is 0.365 e. The van der Waals surface area contributed by atoms with E-state index in [1.54, 1.807) is 25.3 Å². The highest BCUT2D eigenvalue weighted by atomic mass is 19.1. The normalized spacial score (nSPS) is 10.9. The molecular weight excluding hydrogens is 269 g/mol. The number of aryl methyl sites for hydroxylation is 1. The van der Waals surface area contributed by atoms with E-state index in [9.17, 15) is 9.18 Å². The summed E-state index contributed by atoms with van der Waals surface area (Å²) in [7, 11) is 0. The van der Waals surface area contributed by atoms with E-state index in [1.165, 1.54) is 16.8 Å². The molecule has 5 heteroatoms. The summed E-state index contributed by atoms with van der Waals surface area (Å²) in [6.07, 6.45) is 4.03. The molecule has 0 spiro atoms. The lowest BCUT2D eigenvalue weighted by Crippen LogP contribution is -2.24. The van der Waals surface area contributed by atoms with Crippen molar-refractivity contribution in [2.75, 3.05) is 11.9 Å². The molecule has 0 aliphatic carbocycles. The maximum atomic E-state index is 13.6. The summed E-state index contributed by atoms with van der Waals surface area (Å²) in [5, 5.41) is 3.04. The van der Waals surface area contributed by atoms with Gasteiger partial charge in [-0.2, -0.15) is 0 Å². The Morgan fingerprint density at radius 2 is 2.14 bits per heavy atom. The van der Waals surface area contributed by atoms with Gasteiger partial charge in [0, 0.05) is 18.9 Å².